The van der Waals surface area contributed by atoms with E-state index in [1.54, 1.807) is 68.3 Å². The average molecular weight is 771 g/mol. The molecule has 49 heavy (non-hydrogen) atoms. The first-order valence-corrected chi connectivity index (χ1v) is 19.7. The number of hydrogen-bond donors (Lipinski definition) is 0. The van der Waals surface area contributed by atoms with Crippen LogP contribution in [0.2, 0.25) is 0 Å². The van der Waals surface area contributed by atoms with E-state index in [2.05, 4.69) is 124 Å². The maximum Gasteiger partial charge on any atom is -1.00 e. The number of benzene rings is 2. The molecule has 1 atom stereocenters. The minimum absolute atomic E-state index is 0. The van der Waals surface area contributed by atoms with Gasteiger partial charge in [-0.2, -0.15) is 11.6 Å². The van der Waals surface area contributed by atoms with Crippen LogP contribution in [0.4, 0.5) is 0 Å². The van der Waals surface area contributed by atoms with Crippen molar-refractivity contribution in [2.45, 2.75) is 125 Å². The third kappa shape index (κ3) is 7.31. The molecule has 7 aliphatic carbocycles. The maximum atomic E-state index is 3.57. The fraction of sp³-hybridized carbons (Fsp3) is 0.522. The molecule has 3 heteroatoms. The molecule has 1 unspecified atom stereocenters. The summed E-state index contributed by atoms with van der Waals surface area (Å²) in [6.07, 6.45) is 21.6. The zero-order valence-electron chi connectivity index (χ0n) is 31.6. The summed E-state index contributed by atoms with van der Waals surface area (Å²) < 4.78 is 1.51. The van der Waals surface area contributed by atoms with Gasteiger partial charge in [0.2, 0.25) is 0 Å². The molecule has 3 aromatic carbocycles. The largest absolute Gasteiger partial charge is 1.00 e. The molecule has 0 amide bonds. The van der Waals surface area contributed by atoms with Gasteiger partial charge in [-0.15, -0.1) is 39.7 Å². The third-order valence-electron chi connectivity index (χ3n) is 12.5. The Bertz CT molecular complexity index is 1790. The number of hydrogen-bond acceptors (Lipinski definition) is 0. The van der Waals surface area contributed by atoms with Gasteiger partial charge in [0.05, 0.1) is 0 Å². The van der Waals surface area contributed by atoms with Gasteiger partial charge in [-0.1, -0.05) is 89.3 Å². The topological polar surface area (TPSA) is 0 Å². The van der Waals surface area contributed by atoms with E-state index in [1.807, 2.05) is 0 Å². The molecule has 0 aliphatic heterocycles. The number of fused-ring (bicyclic) bond motifs is 5. The van der Waals surface area contributed by atoms with Gasteiger partial charge >= 0.3 is 41.3 Å². The smallest absolute Gasteiger partial charge is 1.00 e. The molecule has 0 N–H and O–H groups in total. The second-order valence-corrected chi connectivity index (χ2v) is 20.5. The fourth-order valence-electron chi connectivity index (χ4n) is 11.2. The molecule has 7 aliphatic rings. The number of allylic oxidation sites excluding steroid dienone is 8. The van der Waals surface area contributed by atoms with Crippen LogP contribution in [0, 0.1) is 35.2 Å². The molecule has 0 heterocycles. The molecule has 4 saturated carbocycles. The predicted octanol–water partition coefficient (Wildman–Crippen LogP) is 6.77. The van der Waals surface area contributed by atoms with Crippen LogP contribution in [-0.4, -0.2) is 3.21 Å². The van der Waals surface area contributed by atoms with Crippen LogP contribution in [0.15, 0.2) is 59.7 Å². The molecule has 10 rings (SSSR count). The average Bonchev–Trinajstić information content (AvgIpc) is 3.60. The Hall–Kier alpha value is -1.40. The Kier molecular flexibility index (Phi) is 11.0. The van der Waals surface area contributed by atoms with Crippen molar-refractivity contribution in [3.05, 3.63) is 88.0 Å². The van der Waals surface area contributed by atoms with E-state index in [4.69, 9.17) is 0 Å². The molecule has 260 valence electrons. The van der Waals surface area contributed by atoms with E-state index in [9.17, 15) is 0 Å². The van der Waals surface area contributed by atoms with Crippen LogP contribution in [0.5, 0.6) is 0 Å². The van der Waals surface area contributed by atoms with Gasteiger partial charge in [-0.25, -0.2) is 5.57 Å². The van der Waals surface area contributed by atoms with E-state index in [0.29, 0.717) is 11.3 Å². The number of rotatable bonds is 2. The first-order valence-electron chi connectivity index (χ1n) is 18.5. The Labute approximate surface area is 324 Å². The first-order chi connectivity index (χ1) is 22.0. The standard InChI is InChI=1S/C25H25.C18H25.C3H6.2ClH.Zr/c1-14-12-24(3,4)22-8-16-7-17-9-23-19(15(2)13-25(23,5)6)11-21(17)20(16)10-18(14)22;1-12-3-13(2)17(4-12)11-18-8-14-5-15(9-18)7-16(6-14)10-18;1-3-2;;;/h7-13H,1-6H3;4,12,14-16H,5-11H2,1-2H3;1-2H3;2*1H;/q2*-1;;;;+2/p-2. The SMILES string of the molecule is CC1=CC(C)(C)c2cc3[cH-]c4cc5c(cc4c3cc21)C(C)=CC5(C)C.CC1=[C-]C(C)C=C1CC12CC3CC(CC(C3)C1)C2.C[C](C)=[Zr+2].[Cl-].[Cl-]. The van der Waals surface area contributed by atoms with Crippen LogP contribution in [0.1, 0.15) is 136 Å². The monoisotopic (exact) mass is 768 g/mol. The minimum Gasteiger partial charge on any atom is -1.00 e. The summed E-state index contributed by atoms with van der Waals surface area (Å²) in [5.41, 5.74) is 12.7. The quantitative estimate of drug-likeness (QED) is 0.253. The molecular weight excluding hydrogens is 715 g/mol. The molecule has 0 aromatic heterocycles. The van der Waals surface area contributed by atoms with Gasteiger partial charge in [0, 0.05) is 10.8 Å². The third-order valence-corrected chi connectivity index (χ3v) is 12.5. The second kappa shape index (κ2) is 13.9. The summed E-state index contributed by atoms with van der Waals surface area (Å²) in [6.45, 7) is 22.6. The van der Waals surface area contributed by atoms with Gasteiger partial charge in [-0.3, -0.25) is 6.08 Å². The van der Waals surface area contributed by atoms with Crippen molar-refractivity contribution in [1.29, 1.82) is 0 Å². The van der Waals surface area contributed by atoms with Crippen molar-refractivity contribution in [1.82, 2.24) is 0 Å². The normalized spacial score (nSPS) is 28.9. The van der Waals surface area contributed by atoms with E-state index in [0.717, 1.165) is 17.8 Å². The van der Waals surface area contributed by atoms with Gasteiger partial charge in [0.25, 0.3) is 0 Å². The fourth-order valence-corrected chi connectivity index (χ4v) is 11.2. The van der Waals surface area contributed by atoms with Crippen molar-refractivity contribution in [2.24, 2.45) is 29.1 Å². The van der Waals surface area contributed by atoms with Crippen LogP contribution in [0.3, 0.4) is 0 Å². The zero-order valence-corrected chi connectivity index (χ0v) is 35.6. The minimum atomic E-state index is 0. The van der Waals surface area contributed by atoms with Crippen LogP contribution >= 0.6 is 0 Å². The molecule has 0 spiro atoms. The van der Waals surface area contributed by atoms with Crippen molar-refractivity contribution < 1.29 is 49.0 Å². The summed E-state index contributed by atoms with van der Waals surface area (Å²) in [5, 5.41) is 5.57. The van der Waals surface area contributed by atoms with Gasteiger partial charge < -0.3 is 24.8 Å². The summed E-state index contributed by atoms with van der Waals surface area (Å²) in [4.78, 5) is 0. The van der Waals surface area contributed by atoms with Crippen molar-refractivity contribution in [3.8, 4) is 0 Å². The van der Waals surface area contributed by atoms with Crippen molar-refractivity contribution in [3.63, 3.8) is 0 Å². The van der Waals surface area contributed by atoms with Crippen LogP contribution in [0.25, 0.3) is 32.7 Å². The van der Waals surface area contributed by atoms with Crippen LogP contribution in [-0.2, 0) is 35.1 Å². The molecule has 0 saturated heterocycles. The summed E-state index contributed by atoms with van der Waals surface area (Å²) >= 11 is 1.55. The Balaban J connectivity index is 0.000000172. The second-order valence-electron chi connectivity index (χ2n) is 18.1. The molecule has 0 radical (unpaired) electrons. The van der Waals surface area contributed by atoms with E-state index < -0.39 is 0 Å². The summed E-state index contributed by atoms with van der Waals surface area (Å²) in [7, 11) is 0. The summed E-state index contributed by atoms with van der Waals surface area (Å²) in [6, 6.07) is 12.1. The number of halogens is 2. The predicted molar refractivity (Wildman–Crippen MR) is 202 cm³/mol. The maximum absolute atomic E-state index is 3.57. The molecule has 4 fully saturated rings. The Morgan fingerprint density at radius 1 is 0.755 bits per heavy atom. The van der Waals surface area contributed by atoms with Gasteiger partial charge in [-0.05, 0) is 97.8 Å². The Morgan fingerprint density at radius 2 is 1.16 bits per heavy atom. The van der Waals surface area contributed by atoms with E-state index in [-0.39, 0.29) is 35.6 Å². The molecule has 4 bridgehead atoms. The van der Waals surface area contributed by atoms with Crippen molar-refractivity contribution in [2.75, 3.05) is 0 Å². The Morgan fingerprint density at radius 3 is 1.53 bits per heavy atom. The zero-order chi connectivity index (χ0) is 33.6. The van der Waals surface area contributed by atoms with E-state index >= 15 is 0 Å². The molecular formula is C46H56Cl2Zr-2. The first kappa shape index (κ1) is 38.8. The molecule has 3 aromatic rings. The molecule has 0 nitrogen and oxygen atoms in total. The van der Waals surface area contributed by atoms with E-state index in [1.165, 1.54) is 70.1 Å². The van der Waals surface area contributed by atoms with Gasteiger partial charge in [0.15, 0.2) is 0 Å². The van der Waals surface area contributed by atoms with Crippen molar-refractivity contribution >= 4 is 35.9 Å². The van der Waals surface area contributed by atoms with Crippen LogP contribution < -0.4 is 24.8 Å². The van der Waals surface area contributed by atoms with Gasteiger partial charge in [0.1, 0.15) is 0 Å². The summed E-state index contributed by atoms with van der Waals surface area (Å²) in [5.74, 6) is 3.82.